The summed E-state index contributed by atoms with van der Waals surface area (Å²) >= 11 is 0. The number of hydrogen-bond donors (Lipinski definition) is 0. The van der Waals surface area contributed by atoms with Crippen LogP contribution in [-0.4, -0.2) is 5.97 Å². The number of carboxylic acid groups (broad SMARTS) is 1. The summed E-state index contributed by atoms with van der Waals surface area (Å²) in [5.41, 5.74) is 0. The van der Waals surface area contributed by atoms with Crippen molar-refractivity contribution in [3.8, 4) is 0 Å². The van der Waals surface area contributed by atoms with Gasteiger partial charge in [0.1, 0.15) is 0 Å². The summed E-state index contributed by atoms with van der Waals surface area (Å²) in [6, 6.07) is 0. The predicted molar refractivity (Wildman–Crippen MR) is 112 cm³/mol. The van der Waals surface area contributed by atoms with Crippen molar-refractivity contribution in [2.24, 2.45) is 0 Å². The van der Waals surface area contributed by atoms with Crippen molar-refractivity contribution >= 4 is 5.97 Å². The fourth-order valence-corrected chi connectivity index (χ4v) is 2.17. The molecule has 0 unspecified atom stereocenters. The fraction of sp³-hybridized carbons (Fsp3) is 0.458. The first kappa shape index (κ1) is 28.1. The van der Waals surface area contributed by atoms with E-state index in [4.69, 9.17) is 0 Å². The topological polar surface area (TPSA) is 40.1 Å². The van der Waals surface area contributed by atoms with Crippen LogP contribution in [0.1, 0.15) is 71.1 Å². The molecule has 0 rings (SSSR count). The molecule has 0 atom stereocenters. The summed E-state index contributed by atoms with van der Waals surface area (Å²) in [5, 5.41) is 10.2. The standard InChI is InChI=1S/C24H36O2.Na/c1-2-3-4-5-6-7-8-9-10-11-12-13-14-15-16-17-18-19-20-21-22-23-24(25)26;/h3-4,6-7,9-10,12-13,15-16,18-19H,2,5,8,11,14,17,20-23H2,1H3,(H,25,26);/q;+1/p-1. The number of carboxylic acids is 1. The minimum Gasteiger partial charge on any atom is -0.550 e. The Bertz CT molecular complexity index is 497. The van der Waals surface area contributed by atoms with Gasteiger partial charge in [0.15, 0.2) is 0 Å². The molecule has 0 fully saturated rings. The molecule has 0 N–H and O–H groups in total. The maximum atomic E-state index is 10.2. The largest absolute Gasteiger partial charge is 1.00 e. The summed E-state index contributed by atoms with van der Waals surface area (Å²) in [5.74, 6) is -0.951. The van der Waals surface area contributed by atoms with Crippen molar-refractivity contribution in [2.45, 2.75) is 71.1 Å². The van der Waals surface area contributed by atoms with E-state index in [2.05, 4.69) is 79.8 Å². The van der Waals surface area contributed by atoms with E-state index in [1.807, 2.05) is 0 Å². The number of carbonyl (C=O) groups is 1. The maximum absolute atomic E-state index is 10.2. The zero-order valence-electron chi connectivity index (χ0n) is 17.3. The fourth-order valence-electron chi connectivity index (χ4n) is 2.17. The Morgan fingerprint density at radius 1 is 0.630 bits per heavy atom. The molecule has 3 heteroatoms. The van der Waals surface area contributed by atoms with E-state index in [9.17, 15) is 9.90 Å². The van der Waals surface area contributed by atoms with Crippen LogP contribution in [0.5, 0.6) is 0 Å². The minimum atomic E-state index is -0.951. The van der Waals surface area contributed by atoms with Gasteiger partial charge in [-0.15, -0.1) is 0 Å². The Morgan fingerprint density at radius 3 is 1.37 bits per heavy atom. The molecule has 0 amide bonds. The molecule has 0 saturated carbocycles. The SMILES string of the molecule is CCC=CCC=CCC=CCC=CCC=CCC=CCCCCC(=O)[O-].[Na+]. The number of hydrogen-bond acceptors (Lipinski definition) is 2. The molecule has 0 aliphatic rings. The molecular weight excluding hydrogens is 343 g/mol. The van der Waals surface area contributed by atoms with Gasteiger partial charge in [0.2, 0.25) is 0 Å². The van der Waals surface area contributed by atoms with Gasteiger partial charge in [0.05, 0.1) is 0 Å². The van der Waals surface area contributed by atoms with Gasteiger partial charge in [-0.25, -0.2) is 0 Å². The second-order valence-electron chi connectivity index (χ2n) is 6.03. The van der Waals surface area contributed by atoms with Crippen LogP contribution in [-0.2, 0) is 4.79 Å². The van der Waals surface area contributed by atoms with Crippen molar-refractivity contribution in [3.05, 3.63) is 72.9 Å². The molecule has 0 aliphatic heterocycles. The van der Waals surface area contributed by atoms with E-state index in [1.165, 1.54) is 0 Å². The van der Waals surface area contributed by atoms with Crippen molar-refractivity contribution in [3.63, 3.8) is 0 Å². The van der Waals surface area contributed by atoms with Gasteiger partial charge in [-0.1, -0.05) is 79.8 Å². The molecule has 0 saturated heterocycles. The third kappa shape index (κ3) is 27.2. The molecule has 0 aromatic rings. The Hall–Kier alpha value is -1.09. The normalized spacial score (nSPS) is 12.5. The van der Waals surface area contributed by atoms with Gasteiger partial charge in [0.25, 0.3) is 0 Å². The molecule has 0 spiro atoms. The first-order valence-electron chi connectivity index (χ1n) is 9.87. The molecule has 0 aromatic carbocycles. The number of unbranched alkanes of at least 4 members (excludes halogenated alkanes) is 2. The smallest absolute Gasteiger partial charge is 0.550 e. The average molecular weight is 379 g/mol. The van der Waals surface area contributed by atoms with E-state index < -0.39 is 5.97 Å². The van der Waals surface area contributed by atoms with Gasteiger partial charge in [0, 0.05) is 5.97 Å². The minimum absolute atomic E-state index is 0. The summed E-state index contributed by atoms with van der Waals surface area (Å²) in [6.07, 6.45) is 35.0. The number of rotatable bonds is 16. The van der Waals surface area contributed by atoms with Crippen molar-refractivity contribution in [1.29, 1.82) is 0 Å². The second kappa shape index (κ2) is 24.9. The summed E-state index contributed by atoms with van der Waals surface area (Å²) in [6.45, 7) is 2.15. The third-order valence-corrected chi connectivity index (χ3v) is 3.60. The predicted octanol–water partition coefficient (Wildman–Crippen LogP) is 3.00. The average Bonchev–Trinajstić information content (AvgIpc) is 2.62. The van der Waals surface area contributed by atoms with Crippen LogP contribution in [0.15, 0.2) is 72.9 Å². The van der Waals surface area contributed by atoms with E-state index in [0.29, 0.717) is 6.42 Å². The van der Waals surface area contributed by atoms with Crippen LogP contribution >= 0.6 is 0 Å². The van der Waals surface area contributed by atoms with E-state index in [-0.39, 0.29) is 36.0 Å². The molecular formula is C24H35NaO2. The Morgan fingerprint density at radius 2 is 1.00 bits per heavy atom. The van der Waals surface area contributed by atoms with Gasteiger partial charge in [-0.3, -0.25) is 0 Å². The molecule has 0 bridgehead atoms. The summed E-state index contributed by atoms with van der Waals surface area (Å²) < 4.78 is 0. The Balaban J connectivity index is 0. The molecule has 144 valence electrons. The number of allylic oxidation sites excluding steroid dienone is 12. The second-order valence-corrected chi connectivity index (χ2v) is 6.03. The van der Waals surface area contributed by atoms with Crippen molar-refractivity contribution in [2.75, 3.05) is 0 Å². The van der Waals surface area contributed by atoms with E-state index >= 15 is 0 Å². The summed E-state index contributed by atoms with van der Waals surface area (Å²) in [7, 11) is 0. The van der Waals surface area contributed by atoms with E-state index in [1.54, 1.807) is 0 Å². The quantitative estimate of drug-likeness (QED) is 0.235. The first-order chi connectivity index (χ1) is 12.8. The van der Waals surface area contributed by atoms with Crippen LogP contribution in [0.2, 0.25) is 0 Å². The zero-order chi connectivity index (χ0) is 19.1. The molecule has 0 radical (unpaired) electrons. The molecule has 27 heavy (non-hydrogen) atoms. The zero-order valence-corrected chi connectivity index (χ0v) is 19.3. The maximum Gasteiger partial charge on any atom is 1.00 e. The van der Waals surface area contributed by atoms with Crippen molar-refractivity contribution in [1.82, 2.24) is 0 Å². The molecule has 0 aromatic heterocycles. The Kier molecular flexibility index (Phi) is 25.9. The van der Waals surface area contributed by atoms with Gasteiger partial charge in [-0.05, 0) is 64.2 Å². The van der Waals surface area contributed by atoms with Gasteiger partial charge < -0.3 is 9.90 Å². The number of carbonyl (C=O) groups excluding carboxylic acids is 1. The van der Waals surface area contributed by atoms with Crippen LogP contribution in [0.25, 0.3) is 0 Å². The monoisotopic (exact) mass is 378 g/mol. The van der Waals surface area contributed by atoms with Crippen LogP contribution in [0.3, 0.4) is 0 Å². The molecule has 0 heterocycles. The van der Waals surface area contributed by atoms with Crippen LogP contribution in [0, 0.1) is 0 Å². The number of aliphatic carboxylic acids is 1. The first-order valence-corrected chi connectivity index (χ1v) is 9.87. The van der Waals surface area contributed by atoms with Crippen LogP contribution < -0.4 is 34.7 Å². The summed E-state index contributed by atoms with van der Waals surface area (Å²) in [4.78, 5) is 10.2. The van der Waals surface area contributed by atoms with E-state index in [0.717, 1.165) is 51.4 Å². The van der Waals surface area contributed by atoms with Gasteiger partial charge >= 0.3 is 29.6 Å². The molecule has 2 nitrogen and oxygen atoms in total. The third-order valence-electron chi connectivity index (χ3n) is 3.60. The molecule has 0 aliphatic carbocycles. The Labute approximate surface area is 188 Å². The van der Waals surface area contributed by atoms with Crippen molar-refractivity contribution < 1.29 is 39.5 Å². The van der Waals surface area contributed by atoms with Gasteiger partial charge in [-0.2, -0.15) is 0 Å². The van der Waals surface area contributed by atoms with Crippen LogP contribution in [0.4, 0.5) is 0 Å².